The van der Waals surface area contributed by atoms with Gasteiger partial charge in [-0.25, -0.2) is 0 Å². The minimum Gasteiger partial charge on any atom is -0.492 e. The molecule has 0 atom stereocenters. The highest BCUT2D eigenvalue weighted by Crippen LogP contribution is 2.46. The smallest absolute Gasteiger partial charge is 0.264 e. The maximum absolute atomic E-state index is 13.4. The second kappa shape index (κ2) is 7.49. The number of thiophene rings is 1. The molecule has 0 saturated carbocycles. The van der Waals surface area contributed by atoms with E-state index in [1.54, 1.807) is 23.1 Å². The Morgan fingerprint density at radius 3 is 2.93 bits per heavy atom. The summed E-state index contributed by atoms with van der Waals surface area (Å²) in [6.45, 7) is 2.83. The van der Waals surface area contributed by atoms with Crippen molar-refractivity contribution in [1.29, 1.82) is 0 Å². The molecule has 1 aromatic carbocycles. The molecular formula is C23H26N2O2S2. The van der Waals surface area contributed by atoms with Crippen molar-refractivity contribution in [3.63, 3.8) is 0 Å². The first-order chi connectivity index (χ1) is 14.1. The van der Waals surface area contributed by atoms with Crippen molar-refractivity contribution in [1.82, 2.24) is 4.90 Å². The minimum absolute atomic E-state index is 0.0271. The van der Waals surface area contributed by atoms with Gasteiger partial charge in [0.2, 0.25) is 0 Å². The summed E-state index contributed by atoms with van der Waals surface area (Å²) in [5.74, 6) is 1.21. The van der Waals surface area contributed by atoms with Gasteiger partial charge in [-0.2, -0.15) is 0 Å². The molecule has 5 rings (SSSR count). The topological polar surface area (TPSA) is 55.6 Å². The number of piperidine rings is 1. The number of hydrogen-bond acceptors (Lipinski definition) is 5. The van der Waals surface area contributed by atoms with Crippen molar-refractivity contribution in [3.05, 3.63) is 51.4 Å². The quantitative estimate of drug-likeness (QED) is 0.737. The molecule has 1 aliphatic carbocycles. The van der Waals surface area contributed by atoms with Crippen molar-refractivity contribution in [3.8, 4) is 5.75 Å². The molecular weight excluding hydrogens is 400 g/mol. The van der Waals surface area contributed by atoms with E-state index in [9.17, 15) is 4.79 Å². The maximum atomic E-state index is 13.4. The zero-order chi connectivity index (χ0) is 20.0. The number of thioether (sulfide) groups is 1. The van der Waals surface area contributed by atoms with Crippen LogP contribution in [0, 0.1) is 0 Å². The summed E-state index contributed by atoms with van der Waals surface area (Å²) in [4.78, 5) is 16.4. The molecule has 1 saturated heterocycles. The number of hydrogen-bond donors (Lipinski definition) is 1. The number of likely N-dealkylation sites (tertiary alicyclic amines) is 1. The summed E-state index contributed by atoms with van der Waals surface area (Å²) in [5, 5.41) is 0. The third kappa shape index (κ3) is 3.13. The molecule has 3 aliphatic rings. The number of carbonyl (C=O) groups is 1. The molecule has 0 bridgehead atoms. The molecule has 1 spiro atoms. The van der Waals surface area contributed by atoms with Crippen LogP contribution in [0.1, 0.15) is 51.2 Å². The van der Waals surface area contributed by atoms with E-state index in [1.807, 2.05) is 6.07 Å². The highest BCUT2D eigenvalue weighted by atomic mass is 32.2. The summed E-state index contributed by atoms with van der Waals surface area (Å²) in [5.41, 5.74) is 10.9. The normalized spacial score (nSPS) is 19.2. The number of amides is 1. The molecule has 0 unspecified atom stereocenters. The fourth-order valence-electron chi connectivity index (χ4n) is 4.86. The number of carbonyl (C=O) groups excluding carboxylic acids is 1. The zero-order valence-corrected chi connectivity index (χ0v) is 18.3. The Morgan fingerprint density at radius 2 is 2.17 bits per heavy atom. The van der Waals surface area contributed by atoms with E-state index in [2.05, 4.69) is 35.4 Å². The van der Waals surface area contributed by atoms with E-state index >= 15 is 0 Å². The third-order valence-corrected chi connectivity index (χ3v) is 8.97. The van der Waals surface area contributed by atoms with Crippen LogP contribution < -0.4 is 10.5 Å². The van der Waals surface area contributed by atoms with Gasteiger partial charge in [0.1, 0.15) is 5.75 Å². The van der Waals surface area contributed by atoms with Crippen molar-refractivity contribution in [2.75, 3.05) is 26.0 Å². The van der Waals surface area contributed by atoms with E-state index in [4.69, 9.17) is 10.5 Å². The zero-order valence-electron chi connectivity index (χ0n) is 16.7. The van der Waals surface area contributed by atoms with Gasteiger partial charge in [-0.15, -0.1) is 23.1 Å². The summed E-state index contributed by atoms with van der Waals surface area (Å²) in [6.07, 6.45) is 10.4. The van der Waals surface area contributed by atoms with Crippen LogP contribution in [0.4, 0.5) is 0 Å². The average Bonchev–Trinajstić information content (AvgIpc) is 3.32. The Morgan fingerprint density at radius 1 is 1.34 bits per heavy atom. The highest BCUT2D eigenvalue weighted by molar-refractivity contribution is 8.00. The third-order valence-electron chi connectivity index (χ3n) is 6.60. The molecule has 3 heterocycles. The lowest BCUT2D eigenvalue weighted by atomic mass is 9.74. The van der Waals surface area contributed by atoms with Crippen LogP contribution in [0.25, 0.3) is 6.08 Å². The van der Waals surface area contributed by atoms with Gasteiger partial charge >= 0.3 is 0 Å². The largest absolute Gasteiger partial charge is 0.492 e. The van der Waals surface area contributed by atoms with Crippen molar-refractivity contribution in [2.24, 2.45) is 5.73 Å². The Balaban J connectivity index is 1.37. The lowest BCUT2D eigenvalue weighted by molar-refractivity contribution is 0.0650. The first-order valence-electron chi connectivity index (χ1n) is 10.3. The molecule has 1 fully saturated rings. The molecule has 2 aliphatic heterocycles. The molecule has 4 nitrogen and oxygen atoms in total. The first-order valence-corrected chi connectivity index (χ1v) is 12.3. The van der Waals surface area contributed by atoms with Gasteiger partial charge in [0.15, 0.2) is 0 Å². The van der Waals surface area contributed by atoms with E-state index in [-0.39, 0.29) is 11.3 Å². The number of benzene rings is 1. The average molecular weight is 427 g/mol. The number of nitrogens with two attached hydrogens (primary N) is 1. The Bertz CT molecular complexity index is 987. The van der Waals surface area contributed by atoms with Gasteiger partial charge < -0.3 is 15.4 Å². The summed E-state index contributed by atoms with van der Waals surface area (Å²) in [6, 6.07) is 6.32. The van der Waals surface area contributed by atoms with Gasteiger partial charge in [0, 0.05) is 36.2 Å². The van der Waals surface area contributed by atoms with Gasteiger partial charge in [-0.05, 0) is 49.1 Å². The number of rotatable bonds is 3. The van der Waals surface area contributed by atoms with Crippen molar-refractivity contribution in [2.45, 2.75) is 41.9 Å². The van der Waals surface area contributed by atoms with Crippen LogP contribution in [0.2, 0.25) is 0 Å². The molecule has 0 radical (unpaired) electrons. The first kappa shape index (κ1) is 19.2. The van der Waals surface area contributed by atoms with E-state index < -0.39 is 0 Å². The number of allylic oxidation sites excluding steroid dienone is 1. The van der Waals surface area contributed by atoms with Crippen LogP contribution in [-0.2, 0) is 18.4 Å². The maximum Gasteiger partial charge on any atom is 0.264 e. The molecule has 2 N–H and O–H groups in total. The predicted octanol–water partition coefficient (Wildman–Crippen LogP) is 4.45. The highest BCUT2D eigenvalue weighted by Gasteiger charge is 2.44. The summed E-state index contributed by atoms with van der Waals surface area (Å²) >= 11 is 3.43. The van der Waals surface area contributed by atoms with E-state index in [1.165, 1.54) is 20.9 Å². The number of ether oxygens (including phenoxy) is 1. The summed E-state index contributed by atoms with van der Waals surface area (Å²) < 4.78 is 7.28. The minimum atomic E-state index is 0.0271. The molecule has 29 heavy (non-hydrogen) atoms. The van der Waals surface area contributed by atoms with Crippen LogP contribution in [0.3, 0.4) is 0 Å². The fourth-order valence-corrected chi connectivity index (χ4v) is 6.89. The van der Waals surface area contributed by atoms with E-state index in [0.29, 0.717) is 13.2 Å². The van der Waals surface area contributed by atoms with Gasteiger partial charge in [-0.3, -0.25) is 4.79 Å². The van der Waals surface area contributed by atoms with Gasteiger partial charge in [0.25, 0.3) is 5.91 Å². The second-order valence-electron chi connectivity index (χ2n) is 8.15. The Hall–Kier alpha value is -1.76. The monoisotopic (exact) mass is 426 g/mol. The van der Waals surface area contributed by atoms with Gasteiger partial charge in [0.05, 0.1) is 15.7 Å². The second-order valence-corrected chi connectivity index (χ2v) is 10.2. The van der Waals surface area contributed by atoms with Crippen LogP contribution in [0.5, 0.6) is 5.75 Å². The van der Waals surface area contributed by atoms with Crippen LogP contribution in [-0.4, -0.2) is 36.8 Å². The van der Waals surface area contributed by atoms with Gasteiger partial charge in [-0.1, -0.05) is 24.3 Å². The Labute approximate surface area is 180 Å². The molecule has 1 aromatic heterocycles. The van der Waals surface area contributed by atoms with Crippen molar-refractivity contribution >= 4 is 35.1 Å². The predicted molar refractivity (Wildman–Crippen MR) is 120 cm³/mol. The van der Waals surface area contributed by atoms with Crippen LogP contribution in [0.15, 0.2) is 28.5 Å². The summed E-state index contributed by atoms with van der Waals surface area (Å²) in [7, 11) is 0. The standard InChI is InChI=1S/C23H26N2O2S2/c1-28-22-17-5-3-2-4-16(17)20(29-22)21(26)25-10-8-23(9-11-25)14-27-19-7-6-15(13-24)12-18(19)23/h3,5-7,12H,2,4,8-11,13-14,24H2,1H3. The molecule has 6 heteroatoms. The fraction of sp³-hybridized carbons (Fsp3) is 0.435. The van der Waals surface area contributed by atoms with E-state index in [0.717, 1.165) is 55.0 Å². The SMILES string of the molecule is CSc1sc(C(=O)N2CCC3(CC2)COc2ccc(CN)cc23)c2c1C=CCC2. The van der Waals surface area contributed by atoms with Crippen molar-refractivity contribution < 1.29 is 9.53 Å². The Kier molecular flexibility index (Phi) is 4.96. The number of fused-ring (bicyclic) bond motifs is 3. The lowest BCUT2D eigenvalue weighted by Gasteiger charge is -2.38. The lowest BCUT2D eigenvalue weighted by Crippen LogP contribution is -2.46. The molecule has 1 amide bonds. The molecule has 2 aromatic rings. The molecule has 152 valence electrons. The number of nitrogens with zero attached hydrogens (tertiary/aromatic N) is 1. The van der Waals surface area contributed by atoms with Crippen LogP contribution >= 0.6 is 23.1 Å².